The zero-order valence-electron chi connectivity index (χ0n) is 16.1. The number of hydrogen-bond acceptors (Lipinski definition) is 4. The second-order valence-corrected chi connectivity index (χ2v) is 6.40. The van der Waals surface area contributed by atoms with E-state index in [0.29, 0.717) is 29.8 Å². The van der Waals surface area contributed by atoms with Crippen molar-refractivity contribution in [3.8, 4) is 11.8 Å². The molecule has 2 rings (SSSR count). The fraction of sp³-hybridized carbons (Fsp3) is 0.364. The molecule has 2 aromatic carbocycles. The molecule has 2 aromatic rings. The Labute approximate surface area is 160 Å². The van der Waals surface area contributed by atoms with Crippen molar-refractivity contribution in [3.63, 3.8) is 0 Å². The summed E-state index contributed by atoms with van der Waals surface area (Å²) in [5, 5.41) is 22.2. The molecule has 0 aliphatic rings. The molecule has 0 aromatic heterocycles. The molecular formula is C22H26N2O3. The molecule has 0 bridgehead atoms. The minimum atomic E-state index is -1.26. The quantitative estimate of drug-likeness (QED) is 0.671. The number of nitriles is 1. The summed E-state index contributed by atoms with van der Waals surface area (Å²) in [5.41, 5.74) is 1.59. The number of carboxylic acids is 1. The average Bonchev–Trinajstić information content (AvgIpc) is 2.70. The zero-order valence-corrected chi connectivity index (χ0v) is 16.1. The van der Waals surface area contributed by atoms with Gasteiger partial charge in [0.1, 0.15) is 5.75 Å². The van der Waals surface area contributed by atoms with Gasteiger partial charge in [0.25, 0.3) is 0 Å². The van der Waals surface area contributed by atoms with Crippen molar-refractivity contribution in [2.45, 2.75) is 45.6 Å². The molecule has 0 aliphatic carbocycles. The van der Waals surface area contributed by atoms with E-state index in [0.717, 1.165) is 24.2 Å². The topological polar surface area (TPSA) is 82.3 Å². The Kier molecular flexibility index (Phi) is 6.84. The van der Waals surface area contributed by atoms with Crippen molar-refractivity contribution in [1.82, 2.24) is 0 Å². The molecule has 0 radical (unpaired) electrons. The van der Waals surface area contributed by atoms with Gasteiger partial charge in [0.05, 0.1) is 18.2 Å². The van der Waals surface area contributed by atoms with Crippen molar-refractivity contribution in [3.05, 3.63) is 59.2 Å². The fourth-order valence-electron chi connectivity index (χ4n) is 3.04. The molecule has 0 saturated heterocycles. The number of carbonyl (C=O) groups is 1. The summed E-state index contributed by atoms with van der Waals surface area (Å²) in [6.45, 7) is 6.56. The van der Waals surface area contributed by atoms with Gasteiger partial charge in [-0.05, 0) is 66.8 Å². The number of nitrogens with one attached hydrogen (secondary N) is 1. The number of aryl methyl sites for hydroxylation is 1. The summed E-state index contributed by atoms with van der Waals surface area (Å²) in [4.78, 5) is 12.3. The van der Waals surface area contributed by atoms with E-state index in [9.17, 15) is 9.90 Å². The maximum atomic E-state index is 12.3. The third-order valence-electron chi connectivity index (χ3n) is 4.66. The number of nitrogens with zero attached hydrogens (tertiary/aromatic N) is 1. The summed E-state index contributed by atoms with van der Waals surface area (Å²) in [5.74, 6) is -0.143. The van der Waals surface area contributed by atoms with Crippen LogP contribution in [-0.4, -0.2) is 17.7 Å². The summed E-state index contributed by atoms with van der Waals surface area (Å²) < 4.78 is 5.78. The van der Waals surface area contributed by atoms with E-state index in [1.165, 1.54) is 0 Å². The van der Waals surface area contributed by atoms with Gasteiger partial charge in [0.15, 0.2) is 5.54 Å². The van der Waals surface area contributed by atoms with Gasteiger partial charge < -0.3 is 15.2 Å². The fourth-order valence-corrected chi connectivity index (χ4v) is 3.04. The average molecular weight is 366 g/mol. The Morgan fingerprint density at radius 2 is 1.89 bits per heavy atom. The minimum absolute atomic E-state index is 0.362. The first-order chi connectivity index (χ1) is 13.0. The van der Waals surface area contributed by atoms with Crippen molar-refractivity contribution >= 4 is 11.7 Å². The first-order valence-electron chi connectivity index (χ1n) is 9.28. The molecule has 1 atom stereocenters. The third kappa shape index (κ3) is 4.40. The van der Waals surface area contributed by atoms with E-state index in [2.05, 4.69) is 11.4 Å². The molecule has 142 valence electrons. The van der Waals surface area contributed by atoms with E-state index in [1.807, 2.05) is 39.0 Å². The minimum Gasteiger partial charge on any atom is -0.493 e. The zero-order chi connectivity index (χ0) is 19.9. The van der Waals surface area contributed by atoms with Gasteiger partial charge in [-0.25, -0.2) is 4.79 Å². The van der Waals surface area contributed by atoms with Crippen molar-refractivity contribution in [1.29, 1.82) is 5.26 Å². The standard InChI is InChI=1S/C22H26N2O3/c1-4-13-27-20-12-9-18(14-17(20)5-2)22(6-3,21(25)26)24-19-10-7-16(15-23)8-11-19/h7-12,14,24H,4-6,13H2,1-3H3,(H,25,26). The second-order valence-electron chi connectivity index (χ2n) is 6.40. The molecule has 2 N–H and O–H groups in total. The lowest BCUT2D eigenvalue weighted by molar-refractivity contribution is -0.142. The highest BCUT2D eigenvalue weighted by Crippen LogP contribution is 2.34. The normalized spacial score (nSPS) is 12.7. The van der Waals surface area contributed by atoms with Gasteiger partial charge >= 0.3 is 5.97 Å². The number of carboxylic acid groups (broad SMARTS) is 1. The Morgan fingerprint density at radius 1 is 1.19 bits per heavy atom. The Bertz CT molecular complexity index is 824. The number of rotatable bonds is 9. The van der Waals surface area contributed by atoms with Crippen molar-refractivity contribution in [2.75, 3.05) is 11.9 Å². The molecule has 0 spiro atoms. The summed E-state index contributed by atoms with van der Waals surface area (Å²) in [7, 11) is 0. The van der Waals surface area contributed by atoms with Gasteiger partial charge in [-0.2, -0.15) is 5.26 Å². The first kappa shape index (κ1) is 20.3. The van der Waals surface area contributed by atoms with Crippen LogP contribution in [0.15, 0.2) is 42.5 Å². The lowest BCUT2D eigenvalue weighted by Crippen LogP contribution is -2.43. The molecule has 0 fully saturated rings. The molecular weight excluding hydrogens is 340 g/mol. The van der Waals surface area contributed by atoms with Crippen LogP contribution in [0.3, 0.4) is 0 Å². The monoisotopic (exact) mass is 366 g/mol. The molecule has 1 unspecified atom stereocenters. The van der Waals surface area contributed by atoms with E-state index in [-0.39, 0.29) is 0 Å². The van der Waals surface area contributed by atoms with Gasteiger partial charge in [0.2, 0.25) is 0 Å². The van der Waals surface area contributed by atoms with E-state index < -0.39 is 11.5 Å². The van der Waals surface area contributed by atoms with Crippen LogP contribution in [0.4, 0.5) is 5.69 Å². The maximum Gasteiger partial charge on any atom is 0.334 e. The molecule has 0 heterocycles. The Balaban J connectivity index is 2.45. The molecule has 5 nitrogen and oxygen atoms in total. The van der Waals surface area contributed by atoms with Crippen LogP contribution in [0, 0.1) is 11.3 Å². The van der Waals surface area contributed by atoms with Crippen LogP contribution in [0.2, 0.25) is 0 Å². The summed E-state index contributed by atoms with van der Waals surface area (Å²) >= 11 is 0. The lowest BCUT2D eigenvalue weighted by atomic mass is 9.85. The van der Waals surface area contributed by atoms with Crippen LogP contribution in [0.5, 0.6) is 5.75 Å². The number of hydrogen-bond donors (Lipinski definition) is 2. The van der Waals surface area contributed by atoms with Crippen molar-refractivity contribution < 1.29 is 14.6 Å². The van der Waals surface area contributed by atoms with E-state index in [1.54, 1.807) is 24.3 Å². The van der Waals surface area contributed by atoms with Crippen LogP contribution in [-0.2, 0) is 16.8 Å². The number of anilines is 1. The highest BCUT2D eigenvalue weighted by molar-refractivity contribution is 5.85. The Morgan fingerprint density at radius 3 is 2.41 bits per heavy atom. The van der Waals surface area contributed by atoms with E-state index in [4.69, 9.17) is 10.00 Å². The van der Waals surface area contributed by atoms with Gasteiger partial charge in [-0.15, -0.1) is 0 Å². The highest BCUT2D eigenvalue weighted by Gasteiger charge is 2.39. The van der Waals surface area contributed by atoms with Crippen LogP contribution in [0.25, 0.3) is 0 Å². The maximum absolute atomic E-state index is 12.3. The number of ether oxygens (including phenoxy) is 1. The molecule has 0 saturated carbocycles. The predicted octanol–water partition coefficient (Wildman–Crippen LogP) is 4.71. The van der Waals surface area contributed by atoms with Crippen LogP contribution >= 0.6 is 0 Å². The van der Waals surface area contributed by atoms with Crippen LogP contribution < -0.4 is 10.1 Å². The van der Waals surface area contributed by atoms with Crippen molar-refractivity contribution in [2.24, 2.45) is 0 Å². The smallest absolute Gasteiger partial charge is 0.334 e. The van der Waals surface area contributed by atoms with Gasteiger partial charge in [-0.1, -0.05) is 26.8 Å². The highest BCUT2D eigenvalue weighted by atomic mass is 16.5. The molecule has 0 amide bonds. The number of aliphatic carboxylic acids is 1. The third-order valence-corrected chi connectivity index (χ3v) is 4.66. The lowest BCUT2D eigenvalue weighted by Gasteiger charge is -2.32. The van der Waals surface area contributed by atoms with Gasteiger partial charge in [-0.3, -0.25) is 0 Å². The van der Waals surface area contributed by atoms with Crippen LogP contribution in [0.1, 0.15) is 50.3 Å². The number of benzene rings is 2. The second kappa shape index (κ2) is 9.09. The predicted molar refractivity (Wildman–Crippen MR) is 106 cm³/mol. The van der Waals surface area contributed by atoms with Gasteiger partial charge in [0, 0.05) is 5.69 Å². The summed E-state index contributed by atoms with van der Waals surface area (Å²) in [6, 6.07) is 14.5. The van der Waals surface area contributed by atoms with E-state index >= 15 is 0 Å². The summed E-state index contributed by atoms with van der Waals surface area (Å²) in [6.07, 6.45) is 2.03. The Hall–Kier alpha value is -3.00. The SMILES string of the molecule is CCCOc1ccc(C(CC)(Nc2ccc(C#N)cc2)C(=O)O)cc1CC. The first-order valence-corrected chi connectivity index (χ1v) is 9.28. The largest absolute Gasteiger partial charge is 0.493 e. The molecule has 0 aliphatic heterocycles. The molecule has 27 heavy (non-hydrogen) atoms. The molecule has 5 heteroatoms.